The standard InChI is InChI=1S/C22H29N7O2S/c1-15-6-8-19(9-7-15)24-22-23-16(2)14-20(25-22)28-10-12-29(13-11-28)32(30,31)21-17(3)26-27(5)18(21)4/h6-9,14H,10-13H2,1-5H3,(H,23,24,25). The fourth-order valence-electron chi connectivity index (χ4n) is 3.95. The average molecular weight is 456 g/mol. The van der Waals surface area contributed by atoms with Gasteiger partial charge in [-0.15, -0.1) is 0 Å². The number of nitrogens with zero attached hydrogens (tertiary/aromatic N) is 6. The summed E-state index contributed by atoms with van der Waals surface area (Å²) in [5.74, 6) is 1.32. The van der Waals surface area contributed by atoms with Crippen molar-refractivity contribution in [2.75, 3.05) is 36.4 Å². The van der Waals surface area contributed by atoms with Crippen LogP contribution in [0.2, 0.25) is 0 Å². The molecule has 3 aromatic rings. The molecule has 1 N–H and O–H groups in total. The second-order valence-electron chi connectivity index (χ2n) is 8.20. The molecule has 0 amide bonds. The van der Waals surface area contributed by atoms with Crippen molar-refractivity contribution in [2.24, 2.45) is 7.05 Å². The topological polar surface area (TPSA) is 96.3 Å². The average Bonchev–Trinajstić information content (AvgIpc) is 3.01. The molecule has 1 aliphatic heterocycles. The molecule has 0 unspecified atom stereocenters. The molecular weight excluding hydrogens is 426 g/mol. The highest BCUT2D eigenvalue weighted by molar-refractivity contribution is 7.89. The molecule has 10 heteroatoms. The molecule has 1 fully saturated rings. The van der Waals surface area contributed by atoms with Gasteiger partial charge in [0.25, 0.3) is 0 Å². The van der Waals surface area contributed by atoms with Gasteiger partial charge in [-0.1, -0.05) is 17.7 Å². The van der Waals surface area contributed by atoms with Gasteiger partial charge in [-0.25, -0.2) is 13.4 Å². The highest BCUT2D eigenvalue weighted by Crippen LogP contribution is 2.26. The maximum absolute atomic E-state index is 13.2. The van der Waals surface area contributed by atoms with Crippen LogP contribution in [0.5, 0.6) is 0 Å². The van der Waals surface area contributed by atoms with Gasteiger partial charge in [-0.2, -0.15) is 14.4 Å². The number of hydrogen-bond donors (Lipinski definition) is 1. The van der Waals surface area contributed by atoms with Crippen LogP contribution in [-0.4, -0.2) is 58.7 Å². The monoisotopic (exact) mass is 455 g/mol. The third kappa shape index (κ3) is 4.33. The maximum Gasteiger partial charge on any atom is 0.246 e. The van der Waals surface area contributed by atoms with E-state index in [1.165, 1.54) is 5.56 Å². The molecule has 0 saturated carbocycles. The first-order chi connectivity index (χ1) is 15.1. The molecule has 0 bridgehead atoms. The predicted octanol–water partition coefficient (Wildman–Crippen LogP) is 2.70. The van der Waals surface area contributed by atoms with E-state index < -0.39 is 10.0 Å². The van der Waals surface area contributed by atoms with Crippen molar-refractivity contribution in [3.63, 3.8) is 0 Å². The Bertz CT molecular complexity index is 1230. The molecule has 0 atom stereocenters. The van der Waals surface area contributed by atoms with Gasteiger partial charge >= 0.3 is 0 Å². The predicted molar refractivity (Wildman–Crippen MR) is 125 cm³/mol. The fourth-order valence-corrected chi connectivity index (χ4v) is 5.77. The van der Waals surface area contributed by atoms with Crippen molar-refractivity contribution >= 4 is 27.5 Å². The highest BCUT2D eigenvalue weighted by Gasteiger charge is 2.33. The number of aromatic nitrogens is 4. The summed E-state index contributed by atoms with van der Waals surface area (Å²) in [7, 11) is -1.83. The quantitative estimate of drug-likeness (QED) is 0.632. The first kappa shape index (κ1) is 22.2. The van der Waals surface area contributed by atoms with E-state index in [4.69, 9.17) is 0 Å². The first-order valence-electron chi connectivity index (χ1n) is 10.6. The molecule has 1 aliphatic rings. The lowest BCUT2D eigenvalue weighted by Gasteiger charge is -2.34. The second kappa shape index (κ2) is 8.51. The minimum absolute atomic E-state index is 0.316. The zero-order valence-electron chi connectivity index (χ0n) is 19.1. The number of rotatable bonds is 5. The number of benzene rings is 1. The van der Waals surface area contributed by atoms with Gasteiger partial charge < -0.3 is 10.2 Å². The summed E-state index contributed by atoms with van der Waals surface area (Å²) in [4.78, 5) is 11.6. The summed E-state index contributed by atoms with van der Waals surface area (Å²) in [5, 5.41) is 7.53. The summed E-state index contributed by atoms with van der Waals surface area (Å²) in [6.45, 7) is 9.38. The Morgan fingerprint density at radius 3 is 2.19 bits per heavy atom. The molecule has 4 rings (SSSR count). The summed E-state index contributed by atoms with van der Waals surface area (Å²) >= 11 is 0. The van der Waals surface area contributed by atoms with Crippen LogP contribution in [-0.2, 0) is 17.1 Å². The number of anilines is 3. The molecule has 3 heterocycles. The van der Waals surface area contributed by atoms with Crippen LogP contribution in [0, 0.1) is 27.7 Å². The number of hydrogen-bond acceptors (Lipinski definition) is 7. The van der Waals surface area contributed by atoms with E-state index in [0.29, 0.717) is 48.4 Å². The van der Waals surface area contributed by atoms with Crippen molar-refractivity contribution < 1.29 is 8.42 Å². The van der Waals surface area contributed by atoms with E-state index in [2.05, 4.69) is 25.3 Å². The van der Waals surface area contributed by atoms with E-state index in [-0.39, 0.29) is 0 Å². The molecule has 2 aromatic heterocycles. The van der Waals surface area contributed by atoms with Crippen LogP contribution in [0.4, 0.5) is 17.5 Å². The van der Waals surface area contributed by atoms with Crippen LogP contribution in [0.15, 0.2) is 35.2 Å². The summed E-state index contributed by atoms with van der Waals surface area (Å²) in [5.41, 5.74) is 4.14. The Kier molecular flexibility index (Phi) is 5.91. The van der Waals surface area contributed by atoms with Crippen LogP contribution in [0.3, 0.4) is 0 Å². The van der Waals surface area contributed by atoms with Crippen molar-refractivity contribution in [1.29, 1.82) is 0 Å². The smallest absolute Gasteiger partial charge is 0.246 e. The van der Waals surface area contributed by atoms with E-state index in [1.54, 1.807) is 29.9 Å². The van der Waals surface area contributed by atoms with E-state index in [9.17, 15) is 8.42 Å². The minimum Gasteiger partial charge on any atom is -0.354 e. The van der Waals surface area contributed by atoms with E-state index in [1.807, 2.05) is 44.2 Å². The highest BCUT2D eigenvalue weighted by atomic mass is 32.2. The van der Waals surface area contributed by atoms with Gasteiger partial charge in [-0.3, -0.25) is 4.68 Å². The molecule has 1 aromatic carbocycles. The Morgan fingerprint density at radius 1 is 0.938 bits per heavy atom. The molecule has 1 saturated heterocycles. The molecule has 0 spiro atoms. The lowest BCUT2D eigenvalue weighted by molar-refractivity contribution is 0.383. The van der Waals surface area contributed by atoms with Crippen molar-refractivity contribution in [2.45, 2.75) is 32.6 Å². The van der Waals surface area contributed by atoms with Crippen molar-refractivity contribution in [3.8, 4) is 0 Å². The Hall–Kier alpha value is -2.98. The largest absolute Gasteiger partial charge is 0.354 e. The molecule has 170 valence electrons. The van der Waals surface area contributed by atoms with E-state index in [0.717, 1.165) is 17.2 Å². The SMILES string of the molecule is Cc1ccc(Nc2nc(C)cc(N3CCN(S(=O)(=O)c4c(C)nn(C)c4C)CC3)n2)cc1. The lowest BCUT2D eigenvalue weighted by atomic mass is 10.2. The van der Waals surface area contributed by atoms with Gasteiger partial charge in [0.05, 0.1) is 11.4 Å². The molecular formula is C22H29N7O2S. The molecule has 32 heavy (non-hydrogen) atoms. The van der Waals surface area contributed by atoms with Gasteiger partial charge in [0.2, 0.25) is 16.0 Å². The summed E-state index contributed by atoms with van der Waals surface area (Å²) < 4.78 is 29.6. The van der Waals surface area contributed by atoms with Gasteiger partial charge in [0, 0.05) is 50.7 Å². The van der Waals surface area contributed by atoms with Gasteiger partial charge in [0.1, 0.15) is 10.7 Å². The third-order valence-electron chi connectivity index (χ3n) is 5.75. The number of sulfonamides is 1. The van der Waals surface area contributed by atoms with Gasteiger partial charge in [-0.05, 0) is 39.8 Å². The number of piperazine rings is 1. The Balaban J connectivity index is 1.49. The van der Waals surface area contributed by atoms with Crippen LogP contribution < -0.4 is 10.2 Å². The van der Waals surface area contributed by atoms with Crippen LogP contribution in [0.25, 0.3) is 0 Å². The Labute approximate surface area is 189 Å². The third-order valence-corrected chi connectivity index (χ3v) is 7.90. The van der Waals surface area contributed by atoms with Crippen LogP contribution >= 0.6 is 0 Å². The lowest BCUT2D eigenvalue weighted by Crippen LogP contribution is -2.49. The second-order valence-corrected chi connectivity index (χ2v) is 10.1. The molecule has 9 nitrogen and oxygen atoms in total. The summed E-state index contributed by atoms with van der Waals surface area (Å²) in [6.07, 6.45) is 0. The van der Waals surface area contributed by atoms with Crippen molar-refractivity contribution in [1.82, 2.24) is 24.1 Å². The van der Waals surface area contributed by atoms with Crippen molar-refractivity contribution in [3.05, 3.63) is 53.0 Å². The minimum atomic E-state index is -3.59. The fraction of sp³-hybridized carbons (Fsp3) is 0.409. The first-order valence-corrected chi connectivity index (χ1v) is 12.0. The number of nitrogens with one attached hydrogen (secondary N) is 1. The zero-order valence-corrected chi connectivity index (χ0v) is 19.9. The molecule has 0 aliphatic carbocycles. The Morgan fingerprint density at radius 2 is 1.59 bits per heavy atom. The van der Waals surface area contributed by atoms with E-state index >= 15 is 0 Å². The van der Waals surface area contributed by atoms with Gasteiger partial charge in [0.15, 0.2) is 0 Å². The maximum atomic E-state index is 13.2. The van der Waals surface area contributed by atoms with Crippen LogP contribution in [0.1, 0.15) is 22.6 Å². The normalized spacial score (nSPS) is 15.2. The number of aryl methyl sites for hydroxylation is 4. The molecule has 0 radical (unpaired) electrons. The summed E-state index contributed by atoms with van der Waals surface area (Å²) in [6, 6.07) is 9.98. The zero-order chi connectivity index (χ0) is 23.0.